The van der Waals surface area contributed by atoms with Crippen molar-refractivity contribution in [2.75, 3.05) is 18.5 Å². The number of anilines is 1. The number of nitrogens with zero attached hydrogens (tertiary/aromatic N) is 1. The standard InChI is InChI=1S/C18H24N2O3/c1-12-11-23-13(2)10-20(12)17(21)8-7-15-9-14-5-3-4-6-16(14)19-18(15)22/h3-6,12-13,15H,7-11H2,1-2H3,(H,19,22)/t12-,13+,15-/m0/s1. The third-order valence-corrected chi connectivity index (χ3v) is 4.75. The van der Waals surface area contributed by atoms with Crippen molar-refractivity contribution in [1.29, 1.82) is 0 Å². The van der Waals surface area contributed by atoms with E-state index >= 15 is 0 Å². The number of hydrogen-bond donors (Lipinski definition) is 1. The minimum Gasteiger partial charge on any atom is -0.375 e. The average Bonchev–Trinajstić information content (AvgIpc) is 2.54. The van der Waals surface area contributed by atoms with Crippen LogP contribution in [0.15, 0.2) is 24.3 Å². The van der Waals surface area contributed by atoms with Gasteiger partial charge in [-0.25, -0.2) is 0 Å². The molecule has 0 saturated carbocycles. The first kappa shape index (κ1) is 16.0. The van der Waals surface area contributed by atoms with Crippen LogP contribution < -0.4 is 5.32 Å². The number of amides is 2. The summed E-state index contributed by atoms with van der Waals surface area (Å²) in [6.45, 7) is 5.22. The molecule has 1 aromatic carbocycles. The minimum atomic E-state index is -0.123. The zero-order valence-electron chi connectivity index (χ0n) is 13.7. The molecule has 1 saturated heterocycles. The first-order valence-corrected chi connectivity index (χ1v) is 8.34. The molecule has 2 heterocycles. The second-order valence-electron chi connectivity index (χ2n) is 6.63. The second kappa shape index (κ2) is 6.71. The molecule has 1 aromatic rings. The summed E-state index contributed by atoms with van der Waals surface area (Å²) in [5.74, 6) is 0.0295. The first-order valence-electron chi connectivity index (χ1n) is 8.34. The fraction of sp³-hybridized carbons (Fsp3) is 0.556. The molecule has 3 rings (SSSR count). The van der Waals surface area contributed by atoms with Crippen LogP contribution in [0.5, 0.6) is 0 Å². The van der Waals surface area contributed by atoms with E-state index in [1.165, 1.54) is 0 Å². The van der Waals surface area contributed by atoms with E-state index in [0.717, 1.165) is 11.3 Å². The number of para-hydroxylation sites is 1. The Hall–Kier alpha value is -1.88. The summed E-state index contributed by atoms with van der Waals surface area (Å²) in [6.07, 6.45) is 1.80. The number of ether oxygens (including phenoxy) is 1. The molecule has 0 aromatic heterocycles. The fourth-order valence-corrected chi connectivity index (χ4v) is 3.34. The van der Waals surface area contributed by atoms with Gasteiger partial charge in [0.2, 0.25) is 11.8 Å². The third-order valence-electron chi connectivity index (χ3n) is 4.75. The van der Waals surface area contributed by atoms with Crippen LogP contribution in [0.25, 0.3) is 0 Å². The van der Waals surface area contributed by atoms with Crippen molar-refractivity contribution >= 4 is 17.5 Å². The Kier molecular flexibility index (Phi) is 4.66. The van der Waals surface area contributed by atoms with Crippen LogP contribution in [0.3, 0.4) is 0 Å². The maximum Gasteiger partial charge on any atom is 0.227 e. The van der Waals surface area contributed by atoms with Gasteiger partial charge >= 0.3 is 0 Å². The van der Waals surface area contributed by atoms with E-state index in [0.29, 0.717) is 32.4 Å². The molecule has 23 heavy (non-hydrogen) atoms. The van der Waals surface area contributed by atoms with Crippen molar-refractivity contribution in [2.45, 2.75) is 45.3 Å². The lowest BCUT2D eigenvalue weighted by Gasteiger charge is -2.37. The molecule has 5 heteroatoms. The summed E-state index contributed by atoms with van der Waals surface area (Å²) >= 11 is 0. The Morgan fingerprint density at radius 2 is 2.13 bits per heavy atom. The highest BCUT2D eigenvalue weighted by Gasteiger charge is 2.30. The van der Waals surface area contributed by atoms with Gasteiger partial charge in [-0.05, 0) is 38.3 Å². The summed E-state index contributed by atoms with van der Waals surface area (Å²) in [5, 5.41) is 2.95. The zero-order valence-corrected chi connectivity index (χ0v) is 13.7. The van der Waals surface area contributed by atoms with Gasteiger partial charge in [0.1, 0.15) is 0 Å². The number of fused-ring (bicyclic) bond motifs is 1. The van der Waals surface area contributed by atoms with Gasteiger partial charge in [0, 0.05) is 24.6 Å². The Labute approximate surface area is 137 Å². The zero-order chi connectivity index (χ0) is 16.4. The Morgan fingerprint density at radius 1 is 1.35 bits per heavy atom. The lowest BCUT2D eigenvalue weighted by atomic mass is 9.89. The fourth-order valence-electron chi connectivity index (χ4n) is 3.34. The smallest absolute Gasteiger partial charge is 0.227 e. The predicted molar refractivity (Wildman–Crippen MR) is 88.1 cm³/mol. The van der Waals surface area contributed by atoms with Gasteiger partial charge < -0.3 is 15.0 Å². The third kappa shape index (κ3) is 3.55. The van der Waals surface area contributed by atoms with Crippen LogP contribution in [0.4, 0.5) is 5.69 Å². The maximum absolute atomic E-state index is 12.5. The van der Waals surface area contributed by atoms with E-state index in [1.807, 2.05) is 43.0 Å². The average molecular weight is 316 g/mol. The summed E-state index contributed by atoms with van der Waals surface area (Å²) in [5.41, 5.74) is 2.05. The van der Waals surface area contributed by atoms with Crippen molar-refractivity contribution in [2.24, 2.45) is 5.92 Å². The normalized spacial score (nSPS) is 27.3. The maximum atomic E-state index is 12.5. The molecule has 1 fully saturated rings. The van der Waals surface area contributed by atoms with Crippen LogP contribution in [-0.4, -0.2) is 42.0 Å². The van der Waals surface area contributed by atoms with Crippen molar-refractivity contribution in [3.05, 3.63) is 29.8 Å². The molecular formula is C18H24N2O3. The Morgan fingerprint density at radius 3 is 2.96 bits per heavy atom. The van der Waals surface area contributed by atoms with E-state index in [1.54, 1.807) is 0 Å². The number of carbonyl (C=O) groups is 2. The molecule has 0 spiro atoms. The quantitative estimate of drug-likeness (QED) is 0.930. The van der Waals surface area contributed by atoms with Gasteiger partial charge in [0.25, 0.3) is 0 Å². The molecular weight excluding hydrogens is 292 g/mol. The molecule has 0 aliphatic carbocycles. The SMILES string of the molecule is C[C@@H]1CN(C(=O)CC[C@H]2Cc3ccccc3NC2=O)[C@@H](C)CO1. The van der Waals surface area contributed by atoms with Crippen LogP contribution in [0.1, 0.15) is 32.3 Å². The molecule has 2 aliphatic rings. The number of carbonyl (C=O) groups excluding carboxylic acids is 2. The monoisotopic (exact) mass is 316 g/mol. The number of rotatable bonds is 3. The highest BCUT2D eigenvalue weighted by Crippen LogP contribution is 2.28. The Balaban J connectivity index is 1.58. The summed E-state index contributed by atoms with van der Waals surface area (Å²) in [4.78, 5) is 26.6. The second-order valence-corrected chi connectivity index (χ2v) is 6.63. The summed E-state index contributed by atoms with van der Waals surface area (Å²) < 4.78 is 5.56. The summed E-state index contributed by atoms with van der Waals surface area (Å²) in [6, 6.07) is 7.97. The molecule has 2 amide bonds. The molecule has 124 valence electrons. The molecule has 5 nitrogen and oxygen atoms in total. The van der Waals surface area contributed by atoms with Gasteiger partial charge in [0.15, 0.2) is 0 Å². The van der Waals surface area contributed by atoms with Gasteiger partial charge in [-0.3, -0.25) is 9.59 Å². The number of morpholine rings is 1. The predicted octanol–water partition coefficient (Wildman–Crippen LogP) is 2.21. The van der Waals surface area contributed by atoms with E-state index in [9.17, 15) is 9.59 Å². The first-order chi connectivity index (χ1) is 11.0. The number of benzene rings is 1. The molecule has 2 aliphatic heterocycles. The topological polar surface area (TPSA) is 58.6 Å². The van der Waals surface area contributed by atoms with E-state index in [-0.39, 0.29) is 29.9 Å². The molecule has 0 bridgehead atoms. The molecule has 0 unspecified atom stereocenters. The highest BCUT2D eigenvalue weighted by atomic mass is 16.5. The Bertz CT molecular complexity index is 602. The van der Waals surface area contributed by atoms with Crippen molar-refractivity contribution in [3.63, 3.8) is 0 Å². The summed E-state index contributed by atoms with van der Waals surface area (Å²) in [7, 11) is 0. The molecule has 0 radical (unpaired) electrons. The van der Waals surface area contributed by atoms with Crippen molar-refractivity contribution in [1.82, 2.24) is 4.90 Å². The lowest BCUT2D eigenvalue weighted by molar-refractivity contribution is -0.143. The number of hydrogen-bond acceptors (Lipinski definition) is 3. The molecule has 1 N–H and O–H groups in total. The van der Waals surface area contributed by atoms with E-state index in [2.05, 4.69) is 5.32 Å². The van der Waals surface area contributed by atoms with Crippen LogP contribution >= 0.6 is 0 Å². The van der Waals surface area contributed by atoms with Crippen molar-refractivity contribution < 1.29 is 14.3 Å². The number of nitrogens with one attached hydrogen (secondary N) is 1. The lowest BCUT2D eigenvalue weighted by Crippen LogP contribution is -2.50. The van der Waals surface area contributed by atoms with Crippen LogP contribution in [-0.2, 0) is 20.7 Å². The van der Waals surface area contributed by atoms with E-state index in [4.69, 9.17) is 4.74 Å². The van der Waals surface area contributed by atoms with Gasteiger partial charge in [0.05, 0.1) is 18.8 Å². The minimum absolute atomic E-state index is 0.0277. The highest BCUT2D eigenvalue weighted by molar-refractivity contribution is 5.96. The van der Waals surface area contributed by atoms with Gasteiger partial charge in [-0.15, -0.1) is 0 Å². The van der Waals surface area contributed by atoms with Gasteiger partial charge in [-0.2, -0.15) is 0 Å². The molecule has 3 atom stereocenters. The largest absolute Gasteiger partial charge is 0.375 e. The van der Waals surface area contributed by atoms with Crippen molar-refractivity contribution in [3.8, 4) is 0 Å². The van der Waals surface area contributed by atoms with Gasteiger partial charge in [-0.1, -0.05) is 18.2 Å². The van der Waals surface area contributed by atoms with Crippen LogP contribution in [0.2, 0.25) is 0 Å². The van der Waals surface area contributed by atoms with E-state index < -0.39 is 0 Å². The van der Waals surface area contributed by atoms with Crippen LogP contribution in [0, 0.1) is 5.92 Å².